The van der Waals surface area contributed by atoms with Gasteiger partial charge in [0.15, 0.2) is 10.8 Å². The normalized spacial score (nSPS) is 15.5. The summed E-state index contributed by atoms with van der Waals surface area (Å²) in [5.74, 6) is 2.07. The van der Waals surface area contributed by atoms with Gasteiger partial charge in [0, 0.05) is 31.2 Å². The Hall–Kier alpha value is -1.07. The number of fused-ring (bicyclic) bond motifs is 1. The first-order valence-corrected chi connectivity index (χ1v) is 9.11. The van der Waals surface area contributed by atoms with Crippen molar-refractivity contribution in [1.82, 2.24) is 14.7 Å². The second-order valence-electron chi connectivity index (χ2n) is 5.95. The first-order chi connectivity index (χ1) is 10.3. The minimum Gasteiger partial charge on any atom is -0.355 e. The number of nitrogens with one attached hydrogen (secondary N) is 1. The van der Waals surface area contributed by atoms with Crippen molar-refractivity contribution in [3.63, 3.8) is 0 Å². The molecule has 116 valence electrons. The van der Waals surface area contributed by atoms with Crippen LogP contribution < -0.4 is 10.2 Å². The fourth-order valence-corrected chi connectivity index (χ4v) is 3.70. The molecule has 1 saturated carbocycles. The predicted molar refractivity (Wildman–Crippen MR) is 90.3 cm³/mol. The zero-order valence-corrected chi connectivity index (χ0v) is 14.0. The van der Waals surface area contributed by atoms with Crippen LogP contribution in [0.1, 0.15) is 45.2 Å². The van der Waals surface area contributed by atoms with Gasteiger partial charge in [-0.05, 0) is 38.6 Å². The van der Waals surface area contributed by atoms with Crippen LogP contribution in [0.15, 0.2) is 11.6 Å². The van der Waals surface area contributed by atoms with Crippen LogP contribution in [0.25, 0.3) is 4.96 Å². The molecule has 21 heavy (non-hydrogen) atoms. The number of anilines is 1. The number of hydrogen-bond acceptors (Lipinski definition) is 4. The van der Waals surface area contributed by atoms with Gasteiger partial charge in [-0.15, -0.1) is 11.3 Å². The van der Waals surface area contributed by atoms with Gasteiger partial charge in [-0.3, -0.25) is 4.40 Å². The van der Waals surface area contributed by atoms with E-state index < -0.39 is 0 Å². The van der Waals surface area contributed by atoms with Gasteiger partial charge in [0.25, 0.3) is 0 Å². The Labute approximate surface area is 131 Å². The maximum Gasteiger partial charge on any atom is 0.195 e. The second-order valence-corrected chi connectivity index (χ2v) is 6.82. The highest BCUT2D eigenvalue weighted by Gasteiger charge is 2.24. The molecule has 4 nitrogen and oxygen atoms in total. The van der Waals surface area contributed by atoms with Crippen LogP contribution in [0.4, 0.5) is 5.82 Å². The molecule has 0 saturated heterocycles. The highest BCUT2D eigenvalue weighted by Crippen LogP contribution is 2.31. The zero-order chi connectivity index (χ0) is 14.7. The SMILES string of the molecule is CCCNCc1c(N(CC)CC2CCC2)nc2sccn12. The van der Waals surface area contributed by atoms with Gasteiger partial charge in [0.1, 0.15) is 0 Å². The highest BCUT2D eigenvalue weighted by molar-refractivity contribution is 7.15. The molecule has 0 spiro atoms. The fourth-order valence-electron chi connectivity index (χ4n) is 2.97. The molecule has 1 aliphatic carbocycles. The minimum atomic E-state index is 0.876. The Balaban J connectivity index is 1.83. The van der Waals surface area contributed by atoms with Gasteiger partial charge < -0.3 is 10.2 Å². The molecule has 0 bridgehead atoms. The third kappa shape index (κ3) is 3.09. The molecule has 0 radical (unpaired) electrons. The van der Waals surface area contributed by atoms with Crippen molar-refractivity contribution in [2.24, 2.45) is 5.92 Å². The summed E-state index contributed by atoms with van der Waals surface area (Å²) in [6.45, 7) is 8.63. The van der Waals surface area contributed by atoms with E-state index in [-0.39, 0.29) is 0 Å². The van der Waals surface area contributed by atoms with Crippen LogP contribution in [-0.4, -0.2) is 29.0 Å². The van der Waals surface area contributed by atoms with Crippen LogP contribution in [-0.2, 0) is 6.54 Å². The molecule has 2 heterocycles. The summed E-state index contributed by atoms with van der Waals surface area (Å²) in [6.07, 6.45) is 7.51. The van der Waals surface area contributed by atoms with Gasteiger partial charge >= 0.3 is 0 Å². The first kappa shape index (κ1) is 14.9. The first-order valence-electron chi connectivity index (χ1n) is 8.23. The van der Waals surface area contributed by atoms with Crippen LogP contribution >= 0.6 is 11.3 Å². The number of nitrogens with zero attached hydrogens (tertiary/aromatic N) is 3. The summed E-state index contributed by atoms with van der Waals surface area (Å²) in [6, 6.07) is 0. The van der Waals surface area contributed by atoms with Gasteiger partial charge in [0.2, 0.25) is 0 Å². The summed E-state index contributed by atoms with van der Waals surface area (Å²) >= 11 is 1.73. The van der Waals surface area contributed by atoms with Gasteiger partial charge in [-0.25, -0.2) is 4.98 Å². The van der Waals surface area contributed by atoms with Crippen molar-refractivity contribution in [2.75, 3.05) is 24.5 Å². The van der Waals surface area contributed by atoms with E-state index in [2.05, 4.69) is 40.0 Å². The predicted octanol–water partition coefficient (Wildman–Crippen LogP) is 3.52. The average molecular weight is 306 g/mol. The van der Waals surface area contributed by atoms with Crippen molar-refractivity contribution >= 4 is 22.1 Å². The number of rotatable bonds is 8. The topological polar surface area (TPSA) is 32.6 Å². The molecule has 1 aliphatic rings. The van der Waals surface area contributed by atoms with Crippen LogP contribution in [0.3, 0.4) is 0 Å². The molecular weight excluding hydrogens is 280 g/mol. The van der Waals surface area contributed by atoms with Crippen LogP contribution in [0, 0.1) is 5.92 Å². The summed E-state index contributed by atoms with van der Waals surface area (Å²) in [7, 11) is 0. The minimum absolute atomic E-state index is 0.876. The monoisotopic (exact) mass is 306 g/mol. The van der Waals surface area contributed by atoms with E-state index in [1.165, 1.54) is 43.7 Å². The van der Waals surface area contributed by atoms with E-state index in [0.29, 0.717) is 0 Å². The highest BCUT2D eigenvalue weighted by atomic mass is 32.1. The van der Waals surface area contributed by atoms with Gasteiger partial charge in [0.05, 0.1) is 5.69 Å². The third-order valence-electron chi connectivity index (χ3n) is 4.44. The largest absolute Gasteiger partial charge is 0.355 e. The van der Waals surface area contributed by atoms with E-state index in [9.17, 15) is 0 Å². The number of hydrogen-bond donors (Lipinski definition) is 1. The number of thiazole rings is 1. The summed E-state index contributed by atoms with van der Waals surface area (Å²) in [5, 5.41) is 5.66. The van der Waals surface area contributed by atoms with E-state index in [4.69, 9.17) is 4.98 Å². The number of aromatic nitrogens is 2. The third-order valence-corrected chi connectivity index (χ3v) is 5.20. The summed E-state index contributed by atoms with van der Waals surface area (Å²) < 4.78 is 2.26. The van der Waals surface area contributed by atoms with Gasteiger partial charge in [-0.1, -0.05) is 13.3 Å². The standard InChI is InChI=1S/C16H26N4S/c1-3-8-17-11-14-15(18-16-20(14)9-10-21-16)19(4-2)12-13-6-5-7-13/h9-10,13,17H,3-8,11-12H2,1-2H3. The Morgan fingerprint density at radius 2 is 2.29 bits per heavy atom. The Kier molecular flexibility index (Phi) is 4.80. The molecule has 1 fully saturated rings. The van der Waals surface area contributed by atoms with Crippen LogP contribution in [0.5, 0.6) is 0 Å². The molecule has 2 aromatic heterocycles. The maximum atomic E-state index is 4.90. The molecule has 0 unspecified atom stereocenters. The molecule has 0 aliphatic heterocycles. The van der Waals surface area contributed by atoms with Crippen molar-refractivity contribution in [1.29, 1.82) is 0 Å². The molecule has 3 rings (SSSR count). The van der Waals surface area contributed by atoms with Crippen molar-refractivity contribution in [2.45, 2.75) is 46.1 Å². The van der Waals surface area contributed by atoms with Gasteiger partial charge in [-0.2, -0.15) is 0 Å². The van der Waals surface area contributed by atoms with Crippen molar-refractivity contribution < 1.29 is 0 Å². The van der Waals surface area contributed by atoms with E-state index in [0.717, 1.165) is 30.5 Å². The maximum absolute atomic E-state index is 4.90. The molecular formula is C16H26N4S. The fraction of sp³-hybridized carbons (Fsp3) is 0.688. The Morgan fingerprint density at radius 3 is 2.95 bits per heavy atom. The smallest absolute Gasteiger partial charge is 0.195 e. The quantitative estimate of drug-likeness (QED) is 0.757. The lowest BCUT2D eigenvalue weighted by atomic mass is 9.85. The second kappa shape index (κ2) is 6.79. The molecule has 1 N–H and O–H groups in total. The molecule has 0 amide bonds. The zero-order valence-electron chi connectivity index (χ0n) is 13.1. The molecule has 5 heteroatoms. The molecule has 2 aromatic rings. The average Bonchev–Trinajstić information content (AvgIpc) is 3.00. The van der Waals surface area contributed by atoms with E-state index in [1.807, 2.05) is 0 Å². The number of imidazole rings is 1. The van der Waals surface area contributed by atoms with E-state index in [1.54, 1.807) is 11.3 Å². The lowest BCUT2D eigenvalue weighted by molar-refractivity contribution is 0.318. The van der Waals surface area contributed by atoms with Crippen LogP contribution in [0.2, 0.25) is 0 Å². The lowest BCUT2D eigenvalue weighted by Crippen LogP contribution is -2.33. The van der Waals surface area contributed by atoms with E-state index >= 15 is 0 Å². The van der Waals surface area contributed by atoms with Crippen molar-refractivity contribution in [3.05, 3.63) is 17.3 Å². The molecule has 0 atom stereocenters. The Morgan fingerprint density at radius 1 is 1.43 bits per heavy atom. The Bertz CT molecular complexity index is 570. The van der Waals surface area contributed by atoms with Crippen molar-refractivity contribution in [3.8, 4) is 0 Å². The summed E-state index contributed by atoms with van der Waals surface area (Å²) in [5.41, 5.74) is 1.32. The summed E-state index contributed by atoms with van der Waals surface area (Å²) in [4.78, 5) is 8.50. The molecule has 0 aromatic carbocycles. The lowest BCUT2D eigenvalue weighted by Gasteiger charge is -2.32.